The molecule has 4 N–H and O–H groups in total. The van der Waals surface area contributed by atoms with Crippen molar-refractivity contribution in [1.82, 2.24) is 0 Å². The van der Waals surface area contributed by atoms with Crippen LogP contribution in [0, 0.1) is 0 Å². The summed E-state index contributed by atoms with van der Waals surface area (Å²) in [7, 11) is -8.54. The molecule has 46 heavy (non-hydrogen) atoms. The van der Waals surface area contributed by atoms with Gasteiger partial charge in [-0.25, -0.2) is 4.21 Å². The molecule has 2 aliphatic heterocycles. The lowest BCUT2D eigenvalue weighted by atomic mass is 9.81. The van der Waals surface area contributed by atoms with Crippen LogP contribution in [0.4, 0.5) is 11.4 Å². The molecule has 2 aliphatic rings. The summed E-state index contributed by atoms with van der Waals surface area (Å²) in [6.07, 6.45) is 10.0. The van der Waals surface area contributed by atoms with Crippen LogP contribution in [-0.4, -0.2) is 74.1 Å². The van der Waals surface area contributed by atoms with Gasteiger partial charge in [0.15, 0.2) is 16.8 Å². The molecule has 250 valence electrons. The second kappa shape index (κ2) is 13.8. The summed E-state index contributed by atoms with van der Waals surface area (Å²) >= 11 is -1.31. The third kappa shape index (κ3) is 7.90. The van der Waals surface area contributed by atoms with E-state index >= 15 is 0 Å². The van der Waals surface area contributed by atoms with Crippen molar-refractivity contribution in [3.8, 4) is 0 Å². The van der Waals surface area contributed by atoms with Gasteiger partial charge in [0.05, 0.1) is 21.8 Å². The molecule has 0 saturated carbocycles. The summed E-state index contributed by atoms with van der Waals surface area (Å²) in [6, 6.07) is 10.0. The highest BCUT2D eigenvalue weighted by molar-refractivity contribution is 7.93. The Balaban J connectivity index is 1.68. The second-order valence-electron chi connectivity index (χ2n) is 12.2. The molecule has 0 radical (unpaired) electrons. The Morgan fingerprint density at radius 1 is 0.935 bits per heavy atom. The zero-order valence-electron chi connectivity index (χ0n) is 26.0. The molecule has 4 rings (SSSR count). The molecule has 0 amide bonds. The van der Waals surface area contributed by atoms with E-state index in [2.05, 4.69) is 0 Å². The van der Waals surface area contributed by atoms with E-state index in [0.29, 0.717) is 42.0 Å². The summed E-state index contributed by atoms with van der Waals surface area (Å²) in [6.45, 7) is 8.74. The van der Waals surface area contributed by atoms with E-state index in [1.54, 1.807) is 12.1 Å². The maximum atomic E-state index is 11.9. The molecule has 0 fully saturated rings. The van der Waals surface area contributed by atoms with Gasteiger partial charge in [0.1, 0.15) is 6.54 Å². The Morgan fingerprint density at radius 2 is 1.65 bits per heavy atom. The summed E-state index contributed by atoms with van der Waals surface area (Å²) in [5.41, 5.74) is 3.91. The normalized spacial score (nSPS) is 19.0. The van der Waals surface area contributed by atoms with Gasteiger partial charge in [-0.3, -0.25) is 9.11 Å². The number of rotatable bonds is 13. The number of anilines is 1. The van der Waals surface area contributed by atoms with Crippen LogP contribution in [0.25, 0.3) is 0 Å². The van der Waals surface area contributed by atoms with Crippen LogP contribution in [0.2, 0.25) is 0 Å². The SMILES string of the molecule is CC1(C)C(/C=C/C=C/C=C2\N(CCCS(=O)O)c3ccc(S(=O)(=O)O)cc3C2(C)C)=[N+](CCCS(=O)(=O)O)c2ccc(SO)cc21. The van der Waals surface area contributed by atoms with Crippen molar-refractivity contribution < 1.29 is 43.8 Å². The summed E-state index contributed by atoms with van der Waals surface area (Å²) in [4.78, 5) is 2.46. The zero-order chi connectivity index (χ0) is 34.1. The average Bonchev–Trinajstić information content (AvgIpc) is 3.29. The number of benzene rings is 2. The Morgan fingerprint density at radius 3 is 2.28 bits per heavy atom. The van der Waals surface area contributed by atoms with Crippen molar-refractivity contribution in [2.24, 2.45) is 0 Å². The highest BCUT2D eigenvalue weighted by Gasteiger charge is 2.44. The third-order valence-corrected chi connectivity index (χ3v) is 11.1. The molecular weight excluding hydrogens is 673 g/mol. The van der Waals surface area contributed by atoms with E-state index in [4.69, 9.17) is 0 Å². The van der Waals surface area contributed by atoms with Crippen molar-refractivity contribution in [1.29, 1.82) is 0 Å². The van der Waals surface area contributed by atoms with Gasteiger partial charge < -0.3 is 14.0 Å². The van der Waals surface area contributed by atoms with Crippen LogP contribution in [0.5, 0.6) is 0 Å². The lowest BCUT2D eigenvalue weighted by Crippen LogP contribution is -2.28. The third-order valence-electron chi connectivity index (χ3n) is 8.34. The van der Waals surface area contributed by atoms with E-state index in [0.717, 1.165) is 28.3 Å². The smallest absolute Gasteiger partial charge is 0.294 e. The van der Waals surface area contributed by atoms with Crippen LogP contribution in [0.1, 0.15) is 51.7 Å². The molecule has 0 aliphatic carbocycles. The highest BCUT2D eigenvalue weighted by Crippen LogP contribution is 2.48. The molecule has 1 unspecified atom stereocenters. The van der Waals surface area contributed by atoms with Crippen LogP contribution in [0.3, 0.4) is 0 Å². The first-order valence-electron chi connectivity index (χ1n) is 14.5. The molecule has 1 atom stereocenters. The molecule has 11 nitrogen and oxygen atoms in total. The predicted molar refractivity (Wildman–Crippen MR) is 182 cm³/mol. The predicted octanol–water partition coefficient (Wildman–Crippen LogP) is 5.56. The molecule has 0 spiro atoms. The largest absolute Gasteiger partial charge is 0.344 e. The van der Waals surface area contributed by atoms with Gasteiger partial charge in [0.2, 0.25) is 5.69 Å². The number of allylic oxidation sites excluding steroid dienone is 6. The summed E-state index contributed by atoms with van der Waals surface area (Å²) in [5.74, 6) is -0.292. The Kier molecular flexibility index (Phi) is 10.9. The van der Waals surface area contributed by atoms with Gasteiger partial charge in [0, 0.05) is 64.4 Å². The van der Waals surface area contributed by atoms with E-state index in [1.807, 2.05) is 79.7 Å². The van der Waals surface area contributed by atoms with Crippen LogP contribution in [-0.2, 0) is 42.1 Å². The first-order valence-corrected chi connectivity index (χ1v) is 19.6. The van der Waals surface area contributed by atoms with Crippen molar-refractivity contribution in [2.45, 2.75) is 61.2 Å². The van der Waals surface area contributed by atoms with E-state index in [9.17, 15) is 39.3 Å². The lowest BCUT2D eigenvalue weighted by molar-refractivity contribution is -0.437. The van der Waals surface area contributed by atoms with Crippen LogP contribution < -0.4 is 4.90 Å². The molecule has 0 bridgehead atoms. The molecule has 2 aromatic rings. The fourth-order valence-corrected chi connectivity index (χ4v) is 7.79. The monoisotopic (exact) mass is 711 g/mol. The topological polar surface area (TPSA) is 173 Å². The van der Waals surface area contributed by atoms with Crippen molar-refractivity contribution in [3.05, 3.63) is 83.6 Å². The van der Waals surface area contributed by atoms with E-state index < -0.39 is 42.1 Å². The van der Waals surface area contributed by atoms with Gasteiger partial charge in [-0.15, -0.1) is 0 Å². The van der Waals surface area contributed by atoms with Gasteiger partial charge in [-0.05, 0) is 62.2 Å². The molecule has 2 heterocycles. The minimum absolute atomic E-state index is 0.0806. The van der Waals surface area contributed by atoms with Crippen molar-refractivity contribution in [3.63, 3.8) is 0 Å². The Hall–Kier alpha value is -2.63. The van der Waals surface area contributed by atoms with E-state index in [-0.39, 0.29) is 22.8 Å². The van der Waals surface area contributed by atoms with Crippen molar-refractivity contribution in [2.75, 3.05) is 29.5 Å². The standard InChI is InChI=1S/C31H38N2O9S4/c1-30(2)24-20-22(43-34)12-14-26(24)33(17-9-19-45(37,38)39)28(30)10-6-5-7-11-29-31(3,4)25-21-23(46(40,41)42)13-15-27(25)32(29)16-8-18-44(35)36/h5-7,10-15,20-21H,8-9,16-19H2,1-4H3,(H3-,34,35,36,37,38,39,40,41,42)/p+1. The Bertz CT molecular complexity index is 1880. The first kappa shape index (κ1) is 36.2. The summed E-state index contributed by atoms with van der Waals surface area (Å²) < 4.78 is 97.7. The average molecular weight is 712 g/mol. The lowest BCUT2D eigenvalue weighted by Gasteiger charge is -2.26. The number of fused-ring (bicyclic) bond motifs is 2. The Labute approximate surface area is 277 Å². The maximum Gasteiger partial charge on any atom is 0.294 e. The first-order chi connectivity index (χ1) is 21.4. The quantitative estimate of drug-likeness (QED) is 0.0674. The van der Waals surface area contributed by atoms with Gasteiger partial charge >= 0.3 is 0 Å². The van der Waals surface area contributed by atoms with Gasteiger partial charge in [-0.1, -0.05) is 32.1 Å². The van der Waals surface area contributed by atoms with Crippen LogP contribution in [0.15, 0.2) is 82.3 Å². The fraction of sp³-hybridized carbons (Fsp3) is 0.387. The fourth-order valence-electron chi connectivity index (χ4n) is 6.12. The minimum atomic E-state index is -4.42. The molecule has 0 aromatic heterocycles. The molecule has 15 heteroatoms. The maximum absolute atomic E-state index is 11.9. The number of hydrogen-bond acceptors (Lipinski definition) is 8. The van der Waals surface area contributed by atoms with Gasteiger partial charge in [0.25, 0.3) is 20.2 Å². The number of hydrogen-bond donors (Lipinski definition) is 4. The van der Waals surface area contributed by atoms with Gasteiger partial charge in [-0.2, -0.15) is 21.4 Å². The van der Waals surface area contributed by atoms with E-state index in [1.165, 1.54) is 12.1 Å². The molecule has 0 saturated heterocycles. The van der Waals surface area contributed by atoms with Crippen LogP contribution >= 0.6 is 12.0 Å². The highest BCUT2D eigenvalue weighted by atomic mass is 32.2. The van der Waals surface area contributed by atoms with Crippen molar-refractivity contribution >= 4 is 60.4 Å². The minimum Gasteiger partial charge on any atom is -0.344 e. The number of nitrogens with zero attached hydrogens (tertiary/aromatic N) is 2. The second-order valence-corrected chi connectivity index (χ2v) is 16.9. The molecule has 2 aromatic carbocycles. The summed E-state index contributed by atoms with van der Waals surface area (Å²) in [5, 5.41) is 0. The molecular formula is C31H39N2O9S4+. The zero-order valence-corrected chi connectivity index (χ0v) is 29.2.